The minimum atomic E-state index is -0.592. The van der Waals surface area contributed by atoms with E-state index in [9.17, 15) is 5.11 Å². The molecule has 1 unspecified atom stereocenters. The fourth-order valence-corrected chi connectivity index (χ4v) is 2.79. The molecule has 1 aliphatic carbocycles. The molecule has 2 aliphatic rings. The first kappa shape index (κ1) is 11.3. The SMILES string of the molecule is COC[C@]1(C)C[C@H](O)[C@H]2OC(C)(C)OC21. The Kier molecular flexibility index (Phi) is 2.58. The highest BCUT2D eigenvalue weighted by Gasteiger charge is 2.59. The van der Waals surface area contributed by atoms with E-state index in [4.69, 9.17) is 14.2 Å². The van der Waals surface area contributed by atoms with Gasteiger partial charge in [-0.1, -0.05) is 6.92 Å². The highest BCUT2D eigenvalue weighted by molar-refractivity contribution is 5.04. The third kappa shape index (κ3) is 1.80. The fraction of sp³-hybridized carbons (Fsp3) is 1.00. The van der Waals surface area contributed by atoms with Crippen molar-refractivity contribution in [1.29, 1.82) is 0 Å². The molecule has 0 aromatic heterocycles. The maximum absolute atomic E-state index is 9.93. The number of ether oxygens (including phenoxy) is 3. The Bertz CT molecular complexity index is 253. The normalized spacial score (nSPS) is 48.2. The van der Waals surface area contributed by atoms with Crippen LogP contribution >= 0.6 is 0 Å². The molecule has 0 spiro atoms. The summed E-state index contributed by atoms with van der Waals surface area (Å²) in [6.07, 6.45) is -0.0498. The molecule has 1 heterocycles. The first-order chi connectivity index (χ1) is 6.88. The lowest BCUT2D eigenvalue weighted by atomic mass is 9.87. The van der Waals surface area contributed by atoms with Crippen LogP contribution in [0, 0.1) is 5.41 Å². The van der Waals surface area contributed by atoms with Gasteiger partial charge in [0.2, 0.25) is 0 Å². The van der Waals surface area contributed by atoms with E-state index in [1.54, 1.807) is 7.11 Å². The van der Waals surface area contributed by atoms with Crippen LogP contribution in [0.25, 0.3) is 0 Å². The molecule has 2 rings (SSSR count). The summed E-state index contributed by atoms with van der Waals surface area (Å²) in [5, 5.41) is 9.93. The predicted molar refractivity (Wildman–Crippen MR) is 54.4 cm³/mol. The summed E-state index contributed by atoms with van der Waals surface area (Å²) in [4.78, 5) is 0. The number of aliphatic hydroxyl groups is 1. The second kappa shape index (κ2) is 3.42. The standard InChI is InChI=1S/C11H20O4/c1-10(2)14-8-7(12)5-11(3,6-13-4)9(8)15-10/h7-9,12H,5-6H2,1-4H3/t7-,8+,9?,11-/m0/s1. The van der Waals surface area contributed by atoms with Gasteiger partial charge in [0.05, 0.1) is 18.8 Å². The molecule has 15 heavy (non-hydrogen) atoms. The highest BCUT2D eigenvalue weighted by atomic mass is 16.8. The van der Waals surface area contributed by atoms with Crippen molar-refractivity contribution >= 4 is 0 Å². The molecule has 0 aromatic carbocycles. The van der Waals surface area contributed by atoms with Gasteiger partial charge in [0.15, 0.2) is 5.79 Å². The number of hydrogen-bond acceptors (Lipinski definition) is 4. The van der Waals surface area contributed by atoms with E-state index < -0.39 is 11.9 Å². The first-order valence-electron chi connectivity index (χ1n) is 5.41. The van der Waals surface area contributed by atoms with E-state index in [0.29, 0.717) is 13.0 Å². The molecule has 0 bridgehead atoms. The van der Waals surface area contributed by atoms with Crippen molar-refractivity contribution in [3.8, 4) is 0 Å². The average Bonchev–Trinajstić information content (AvgIpc) is 2.50. The largest absolute Gasteiger partial charge is 0.390 e. The molecule has 1 N–H and O–H groups in total. The zero-order valence-electron chi connectivity index (χ0n) is 9.82. The Morgan fingerprint density at radius 2 is 2.00 bits per heavy atom. The van der Waals surface area contributed by atoms with Gasteiger partial charge >= 0.3 is 0 Å². The van der Waals surface area contributed by atoms with E-state index in [0.717, 1.165) is 0 Å². The molecule has 0 radical (unpaired) electrons. The molecule has 1 saturated heterocycles. The van der Waals surface area contributed by atoms with Gasteiger partial charge < -0.3 is 19.3 Å². The zero-order chi connectivity index (χ0) is 11.3. The molecule has 4 nitrogen and oxygen atoms in total. The number of rotatable bonds is 2. The fourth-order valence-electron chi connectivity index (χ4n) is 2.79. The smallest absolute Gasteiger partial charge is 0.163 e. The van der Waals surface area contributed by atoms with Crippen LogP contribution in [-0.4, -0.2) is 42.9 Å². The van der Waals surface area contributed by atoms with E-state index in [1.807, 2.05) is 13.8 Å². The summed E-state index contributed by atoms with van der Waals surface area (Å²) >= 11 is 0. The van der Waals surface area contributed by atoms with Crippen molar-refractivity contribution in [1.82, 2.24) is 0 Å². The van der Waals surface area contributed by atoms with Gasteiger partial charge in [-0.3, -0.25) is 0 Å². The zero-order valence-corrected chi connectivity index (χ0v) is 9.82. The molecule has 1 aliphatic heterocycles. The summed E-state index contributed by atoms with van der Waals surface area (Å²) in [5.74, 6) is -0.592. The quantitative estimate of drug-likeness (QED) is 0.745. The Hall–Kier alpha value is -0.160. The van der Waals surface area contributed by atoms with Gasteiger partial charge in [-0.25, -0.2) is 0 Å². The van der Waals surface area contributed by atoms with Crippen LogP contribution < -0.4 is 0 Å². The lowest BCUT2D eigenvalue weighted by Gasteiger charge is -2.30. The summed E-state index contributed by atoms with van der Waals surface area (Å²) in [6, 6.07) is 0. The molecule has 2 fully saturated rings. The minimum absolute atomic E-state index is 0.0672. The topological polar surface area (TPSA) is 47.9 Å². The third-order valence-corrected chi connectivity index (χ3v) is 3.34. The summed E-state index contributed by atoms with van der Waals surface area (Å²) in [6.45, 7) is 6.43. The highest BCUT2D eigenvalue weighted by Crippen LogP contribution is 2.48. The van der Waals surface area contributed by atoms with Crippen molar-refractivity contribution in [2.24, 2.45) is 5.41 Å². The molecule has 88 valence electrons. The number of fused-ring (bicyclic) bond motifs is 1. The predicted octanol–water partition coefficient (Wildman–Crippen LogP) is 0.924. The Balaban J connectivity index is 2.19. The summed E-state index contributed by atoms with van der Waals surface area (Å²) < 4.78 is 16.8. The molecule has 0 aromatic rings. The van der Waals surface area contributed by atoms with Gasteiger partial charge in [-0.2, -0.15) is 0 Å². The second-order valence-corrected chi connectivity index (χ2v) is 5.38. The number of methoxy groups -OCH3 is 1. The molecular formula is C11H20O4. The maximum Gasteiger partial charge on any atom is 0.163 e. The van der Waals surface area contributed by atoms with Crippen molar-refractivity contribution in [3.63, 3.8) is 0 Å². The third-order valence-electron chi connectivity index (χ3n) is 3.34. The Labute approximate surface area is 90.5 Å². The molecular weight excluding hydrogens is 196 g/mol. The second-order valence-electron chi connectivity index (χ2n) is 5.38. The summed E-state index contributed by atoms with van der Waals surface area (Å²) in [7, 11) is 1.67. The average molecular weight is 216 g/mol. The van der Waals surface area contributed by atoms with Crippen LogP contribution in [0.15, 0.2) is 0 Å². The van der Waals surface area contributed by atoms with Crippen molar-refractivity contribution in [2.45, 2.75) is 51.3 Å². The van der Waals surface area contributed by atoms with Crippen LogP contribution in [0.2, 0.25) is 0 Å². The van der Waals surface area contributed by atoms with Crippen molar-refractivity contribution in [3.05, 3.63) is 0 Å². The van der Waals surface area contributed by atoms with Crippen molar-refractivity contribution in [2.75, 3.05) is 13.7 Å². The van der Waals surface area contributed by atoms with E-state index in [2.05, 4.69) is 6.92 Å². The maximum atomic E-state index is 9.93. The lowest BCUT2D eigenvalue weighted by Crippen LogP contribution is -2.36. The van der Waals surface area contributed by atoms with Gasteiger partial charge in [0.1, 0.15) is 6.10 Å². The van der Waals surface area contributed by atoms with Crippen molar-refractivity contribution < 1.29 is 19.3 Å². The monoisotopic (exact) mass is 216 g/mol. The van der Waals surface area contributed by atoms with Crippen LogP contribution in [0.5, 0.6) is 0 Å². The van der Waals surface area contributed by atoms with Gasteiger partial charge in [-0.15, -0.1) is 0 Å². The molecule has 4 atom stereocenters. The van der Waals surface area contributed by atoms with E-state index >= 15 is 0 Å². The van der Waals surface area contributed by atoms with Gasteiger partial charge in [0, 0.05) is 12.5 Å². The first-order valence-corrected chi connectivity index (χ1v) is 5.41. The van der Waals surface area contributed by atoms with Gasteiger partial charge in [0.25, 0.3) is 0 Å². The number of aliphatic hydroxyl groups excluding tert-OH is 1. The van der Waals surface area contributed by atoms with Crippen LogP contribution in [0.3, 0.4) is 0 Å². The number of hydrogen-bond donors (Lipinski definition) is 1. The van der Waals surface area contributed by atoms with E-state index in [-0.39, 0.29) is 17.6 Å². The van der Waals surface area contributed by atoms with Crippen LogP contribution in [-0.2, 0) is 14.2 Å². The molecule has 0 amide bonds. The van der Waals surface area contributed by atoms with E-state index in [1.165, 1.54) is 0 Å². The Morgan fingerprint density at radius 3 is 2.60 bits per heavy atom. The molecule has 1 saturated carbocycles. The lowest BCUT2D eigenvalue weighted by molar-refractivity contribution is -0.177. The summed E-state index contributed by atoms with van der Waals surface area (Å²) in [5.41, 5.74) is -0.146. The Morgan fingerprint density at radius 1 is 1.33 bits per heavy atom. The van der Waals surface area contributed by atoms with Gasteiger partial charge in [-0.05, 0) is 20.3 Å². The molecule has 4 heteroatoms. The van der Waals surface area contributed by atoms with Crippen LogP contribution in [0.1, 0.15) is 27.2 Å². The minimum Gasteiger partial charge on any atom is -0.390 e. The van der Waals surface area contributed by atoms with Crippen LogP contribution in [0.4, 0.5) is 0 Å².